The summed E-state index contributed by atoms with van der Waals surface area (Å²) < 4.78 is 10.6. The van der Waals surface area contributed by atoms with Crippen LogP contribution in [0, 0.1) is 6.92 Å². The number of nitrogens with one attached hydrogen (secondary N) is 2. The van der Waals surface area contributed by atoms with Gasteiger partial charge in [0.15, 0.2) is 0 Å². The predicted octanol–water partition coefficient (Wildman–Crippen LogP) is 1.79. The van der Waals surface area contributed by atoms with Crippen LogP contribution in [0.1, 0.15) is 16.1 Å². The van der Waals surface area contributed by atoms with Gasteiger partial charge in [0.1, 0.15) is 11.4 Å². The van der Waals surface area contributed by atoms with Gasteiger partial charge in [0.25, 0.3) is 5.91 Å². The van der Waals surface area contributed by atoms with Crippen LogP contribution < -0.4 is 15.4 Å². The summed E-state index contributed by atoms with van der Waals surface area (Å²) in [6, 6.07) is 7.20. The second-order valence-electron chi connectivity index (χ2n) is 6.30. The summed E-state index contributed by atoms with van der Waals surface area (Å²) in [7, 11) is 1.57. The summed E-state index contributed by atoms with van der Waals surface area (Å²) in [6.45, 7) is 6.95. The highest BCUT2D eigenvalue weighted by Gasteiger charge is 2.13. The standard InChI is InChI=1S/C19H25N5O3/c1-14-3-4-17(26-2)16(13-14)22-18(25)15-5-6-20-19(23-15)21-7-8-24-9-11-27-12-10-24/h3-6,13H,7-12H2,1-2H3,(H,22,25)(H,20,21,23). The lowest BCUT2D eigenvalue weighted by Crippen LogP contribution is -2.39. The zero-order valence-electron chi connectivity index (χ0n) is 15.7. The van der Waals surface area contributed by atoms with Crippen LogP contribution in [0.2, 0.25) is 0 Å². The molecule has 144 valence electrons. The molecule has 3 rings (SSSR count). The highest BCUT2D eigenvalue weighted by Crippen LogP contribution is 2.25. The monoisotopic (exact) mass is 371 g/mol. The summed E-state index contributed by atoms with van der Waals surface area (Å²) in [5.74, 6) is 0.733. The molecule has 2 heterocycles. The normalized spacial score (nSPS) is 14.6. The Labute approximate surface area is 158 Å². The molecule has 1 saturated heterocycles. The summed E-state index contributed by atoms with van der Waals surface area (Å²) in [6.07, 6.45) is 1.58. The van der Waals surface area contributed by atoms with Gasteiger partial charge in [-0.3, -0.25) is 9.69 Å². The van der Waals surface area contributed by atoms with E-state index >= 15 is 0 Å². The highest BCUT2D eigenvalue weighted by molar-refractivity contribution is 6.03. The number of aromatic nitrogens is 2. The fraction of sp³-hybridized carbons (Fsp3) is 0.421. The average Bonchev–Trinajstić information content (AvgIpc) is 2.69. The molecule has 1 aliphatic rings. The fourth-order valence-electron chi connectivity index (χ4n) is 2.83. The third kappa shape index (κ3) is 5.38. The first kappa shape index (κ1) is 19.1. The van der Waals surface area contributed by atoms with E-state index in [1.165, 1.54) is 0 Å². The van der Waals surface area contributed by atoms with Crippen LogP contribution in [0.4, 0.5) is 11.6 Å². The Kier molecular flexibility index (Phi) is 6.56. The molecule has 0 aliphatic carbocycles. The fourth-order valence-corrected chi connectivity index (χ4v) is 2.83. The molecule has 0 saturated carbocycles. The number of benzene rings is 1. The Morgan fingerprint density at radius 2 is 2.11 bits per heavy atom. The second kappa shape index (κ2) is 9.29. The average molecular weight is 371 g/mol. The van der Waals surface area contributed by atoms with Crippen LogP contribution in [0.15, 0.2) is 30.5 Å². The van der Waals surface area contributed by atoms with Crippen molar-refractivity contribution < 1.29 is 14.3 Å². The third-order valence-electron chi connectivity index (χ3n) is 4.31. The number of methoxy groups -OCH3 is 1. The van der Waals surface area contributed by atoms with Crippen LogP contribution in [0.25, 0.3) is 0 Å². The maximum atomic E-state index is 12.6. The SMILES string of the molecule is COc1ccc(C)cc1NC(=O)c1ccnc(NCCN2CCOCC2)n1. The van der Waals surface area contributed by atoms with Gasteiger partial charge in [0.05, 0.1) is 26.0 Å². The molecule has 1 amide bonds. The summed E-state index contributed by atoms with van der Waals surface area (Å²) in [5.41, 5.74) is 1.93. The molecular weight excluding hydrogens is 346 g/mol. The Balaban J connectivity index is 1.59. The molecule has 0 atom stereocenters. The lowest BCUT2D eigenvalue weighted by Gasteiger charge is -2.26. The first-order chi connectivity index (χ1) is 13.2. The van der Waals surface area contributed by atoms with Crippen molar-refractivity contribution in [2.45, 2.75) is 6.92 Å². The number of morpholine rings is 1. The van der Waals surface area contributed by atoms with E-state index in [2.05, 4.69) is 25.5 Å². The van der Waals surface area contributed by atoms with Crippen LogP contribution in [-0.4, -0.2) is 67.3 Å². The van der Waals surface area contributed by atoms with E-state index in [0.717, 1.165) is 38.4 Å². The molecular formula is C19H25N5O3. The van der Waals surface area contributed by atoms with Crippen molar-refractivity contribution in [1.29, 1.82) is 0 Å². The topological polar surface area (TPSA) is 88.6 Å². The zero-order valence-corrected chi connectivity index (χ0v) is 15.7. The number of carbonyl (C=O) groups is 1. The van der Waals surface area contributed by atoms with Crippen molar-refractivity contribution in [3.63, 3.8) is 0 Å². The Morgan fingerprint density at radius 3 is 2.89 bits per heavy atom. The van der Waals surface area contributed by atoms with Crippen molar-refractivity contribution in [1.82, 2.24) is 14.9 Å². The molecule has 8 heteroatoms. The van der Waals surface area contributed by atoms with Crippen molar-refractivity contribution >= 4 is 17.5 Å². The van der Waals surface area contributed by atoms with Gasteiger partial charge in [0, 0.05) is 32.4 Å². The smallest absolute Gasteiger partial charge is 0.274 e. The molecule has 1 fully saturated rings. The highest BCUT2D eigenvalue weighted by atomic mass is 16.5. The summed E-state index contributed by atoms with van der Waals surface area (Å²) in [4.78, 5) is 23.4. The molecule has 2 N–H and O–H groups in total. The zero-order chi connectivity index (χ0) is 19.1. The molecule has 1 aromatic heterocycles. The molecule has 0 unspecified atom stereocenters. The van der Waals surface area contributed by atoms with E-state index in [0.29, 0.717) is 29.6 Å². The maximum absolute atomic E-state index is 12.6. The van der Waals surface area contributed by atoms with Crippen molar-refractivity contribution in [3.8, 4) is 5.75 Å². The van der Waals surface area contributed by atoms with E-state index < -0.39 is 0 Å². The number of nitrogens with zero attached hydrogens (tertiary/aromatic N) is 3. The lowest BCUT2D eigenvalue weighted by atomic mass is 10.2. The number of hydrogen-bond donors (Lipinski definition) is 2. The molecule has 0 bridgehead atoms. The Hall–Kier alpha value is -2.71. The predicted molar refractivity (Wildman–Crippen MR) is 103 cm³/mol. The molecule has 27 heavy (non-hydrogen) atoms. The second-order valence-corrected chi connectivity index (χ2v) is 6.30. The van der Waals surface area contributed by atoms with Gasteiger partial charge in [-0.2, -0.15) is 0 Å². The van der Waals surface area contributed by atoms with Crippen molar-refractivity contribution in [3.05, 3.63) is 41.7 Å². The van der Waals surface area contributed by atoms with Gasteiger partial charge in [0.2, 0.25) is 5.95 Å². The van der Waals surface area contributed by atoms with Gasteiger partial charge >= 0.3 is 0 Å². The first-order valence-electron chi connectivity index (χ1n) is 8.99. The quantitative estimate of drug-likeness (QED) is 0.767. The van der Waals surface area contributed by atoms with Crippen LogP contribution in [0.5, 0.6) is 5.75 Å². The number of ether oxygens (including phenoxy) is 2. The molecule has 0 spiro atoms. The third-order valence-corrected chi connectivity index (χ3v) is 4.31. The number of aryl methyl sites for hydroxylation is 1. The maximum Gasteiger partial charge on any atom is 0.274 e. The van der Waals surface area contributed by atoms with Crippen molar-refractivity contribution in [2.24, 2.45) is 0 Å². The lowest BCUT2D eigenvalue weighted by molar-refractivity contribution is 0.0398. The molecule has 2 aromatic rings. The van der Waals surface area contributed by atoms with E-state index in [4.69, 9.17) is 9.47 Å². The molecule has 0 radical (unpaired) electrons. The van der Waals surface area contributed by atoms with E-state index in [1.807, 2.05) is 25.1 Å². The minimum Gasteiger partial charge on any atom is -0.495 e. The largest absolute Gasteiger partial charge is 0.495 e. The number of carbonyl (C=O) groups excluding carboxylic acids is 1. The Morgan fingerprint density at radius 1 is 1.30 bits per heavy atom. The minimum absolute atomic E-state index is 0.294. The van der Waals surface area contributed by atoms with Crippen LogP contribution >= 0.6 is 0 Å². The molecule has 8 nitrogen and oxygen atoms in total. The minimum atomic E-state index is -0.308. The van der Waals surface area contributed by atoms with Gasteiger partial charge in [-0.1, -0.05) is 6.07 Å². The Bertz CT molecular complexity index is 778. The summed E-state index contributed by atoms with van der Waals surface area (Å²) in [5, 5.41) is 6.02. The molecule has 1 aromatic carbocycles. The first-order valence-corrected chi connectivity index (χ1v) is 8.99. The van der Waals surface area contributed by atoms with Gasteiger partial charge in [-0.05, 0) is 30.7 Å². The van der Waals surface area contributed by atoms with Gasteiger partial charge in [-0.25, -0.2) is 9.97 Å². The number of rotatable bonds is 7. The van der Waals surface area contributed by atoms with E-state index in [-0.39, 0.29) is 5.91 Å². The number of anilines is 2. The van der Waals surface area contributed by atoms with E-state index in [9.17, 15) is 4.79 Å². The van der Waals surface area contributed by atoms with Gasteiger partial charge < -0.3 is 20.1 Å². The van der Waals surface area contributed by atoms with Gasteiger partial charge in [-0.15, -0.1) is 0 Å². The number of hydrogen-bond acceptors (Lipinski definition) is 7. The summed E-state index contributed by atoms with van der Waals surface area (Å²) >= 11 is 0. The number of amides is 1. The van der Waals surface area contributed by atoms with Crippen LogP contribution in [-0.2, 0) is 4.74 Å². The van der Waals surface area contributed by atoms with E-state index in [1.54, 1.807) is 19.4 Å². The molecule has 1 aliphatic heterocycles. The van der Waals surface area contributed by atoms with Crippen LogP contribution in [0.3, 0.4) is 0 Å². The van der Waals surface area contributed by atoms with Crippen molar-refractivity contribution in [2.75, 3.05) is 57.1 Å².